The van der Waals surface area contributed by atoms with Gasteiger partial charge in [0.15, 0.2) is 0 Å². The van der Waals surface area contributed by atoms with Crippen LogP contribution >= 0.6 is 0 Å². The van der Waals surface area contributed by atoms with Crippen molar-refractivity contribution < 1.29 is 4.79 Å². The molecule has 1 aromatic carbocycles. The van der Waals surface area contributed by atoms with Crippen LogP contribution in [0.4, 0.5) is 4.79 Å². The Hall–Kier alpha value is -2.95. The number of pyridine rings is 1. The number of aromatic nitrogens is 3. The highest BCUT2D eigenvalue weighted by Gasteiger charge is 2.25. The van der Waals surface area contributed by atoms with Gasteiger partial charge >= 0.3 is 6.03 Å². The minimum absolute atomic E-state index is 0.175. The van der Waals surface area contributed by atoms with Gasteiger partial charge in [-0.3, -0.25) is 9.55 Å². The number of rotatable bonds is 4. The molecular weight excluding hydrogens is 300 g/mol. The summed E-state index contributed by atoms with van der Waals surface area (Å²) in [5, 5.41) is 0. The molecule has 5 heteroatoms. The summed E-state index contributed by atoms with van der Waals surface area (Å²) < 4.78 is 1.42. The van der Waals surface area contributed by atoms with Crippen LogP contribution in [0.25, 0.3) is 11.3 Å². The molecule has 0 atom stereocenters. The molecule has 0 unspecified atom stereocenters. The number of carbonyl (C=O) groups excluding carboxylic acids is 1. The number of hydrogen-bond acceptors (Lipinski definition) is 3. The SMILES string of the molecule is CC(C)(Cc1nc(-c2cccnc2)cn1C(N)=O)c1ccccc1. The van der Waals surface area contributed by atoms with E-state index in [0.29, 0.717) is 17.9 Å². The zero-order chi connectivity index (χ0) is 17.2. The van der Waals surface area contributed by atoms with E-state index in [1.165, 1.54) is 10.1 Å². The summed E-state index contributed by atoms with van der Waals surface area (Å²) in [4.78, 5) is 20.6. The molecule has 0 fully saturated rings. The van der Waals surface area contributed by atoms with Gasteiger partial charge in [-0.15, -0.1) is 0 Å². The number of carbonyl (C=O) groups is 1. The summed E-state index contributed by atoms with van der Waals surface area (Å²) in [6, 6.07) is 13.4. The zero-order valence-corrected chi connectivity index (χ0v) is 13.8. The van der Waals surface area contributed by atoms with Crippen molar-refractivity contribution in [1.82, 2.24) is 14.5 Å². The third-order valence-corrected chi connectivity index (χ3v) is 4.13. The van der Waals surface area contributed by atoms with Crippen molar-refractivity contribution in [2.24, 2.45) is 5.73 Å². The molecule has 0 saturated heterocycles. The minimum Gasteiger partial charge on any atom is -0.351 e. The average molecular weight is 320 g/mol. The minimum atomic E-state index is -0.531. The van der Waals surface area contributed by atoms with Crippen LogP contribution in [0.5, 0.6) is 0 Å². The smallest absolute Gasteiger partial charge is 0.324 e. The van der Waals surface area contributed by atoms with Crippen molar-refractivity contribution >= 4 is 6.03 Å². The molecule has 0 aliphatic carbocycles. The fourth-order valence-electron chi connectivity index (χ4n) is 2.77. The van der Waals surface area contributed by atoms with E-state index in [2.05, 4.69) is 35.9 Å². The average Bonchev–Trinajstić information content (AvgIpc) is 3.00. The lowest BCUT2D eigenvalue weighted by molar-refractivity contribution is 0.249. The lowest BCUT2D eigenvalue weighted by atomic mass is 9.81. The topological polar surface area (TPSA) is 73.8 Å². The van der Waals surface area contributed by atoms with Gasteiger partial charge in [-0.05, 0) is 23.1 Å². The van der Waals surface area contributed by atoms with Crippen molar-refractivity contribution in [1.29, 1.82) is 0 Å². The van der Waals surface area contributed by atoms with E-state index in [-0.39, 0.29) is 5.41 Å². The normalized spacial score (nSPS) is 11.4. The Balaban J connectivity index is 1.98. The van der Waals surface area contributed by atoms with Gasteiger partial charge in [0.25, 0.3) is 0 Å². The van der Waals surface area contributed by atoms with E-state index in [1.54, 1.807) is 18.6 Å². The molecule has 3 rings (SSSR count). The number of imidazole rings is 1. The molecule has 0 radical (unpaired) electrons. The van der Waals surface area contributed by atoms with E-state index in [4.69, 9.17) is 5.73 Å². The molecule has 122 valence electrons. The fourth-order valence-corrected chi connectivity index (χ4v) is 2.77. The summed E-state index contributed by atoms with van der Waals surface area (Å²) in [5.74, 6) is 0.648. The van der Waals surface area contributed by atoms with E-state index in [9.17, 15) is 4.79 Å². The van der Waals surface area contributed by atoms with E-state index < -0.39 is 6.03 Å². The molecule has 5 nitrogen and oxygen atoms in total. The maximum atomic E-state index is 11.8. The summed E-state index contributed by atoms with van der Waals surface area (Å²) >= 11 is 0. The van der Waals surface area contributed by atoms with E-state index in [1.807, 2.05) is 30.3 Å². The van der Waals surface area contributed by atoms with Crippen molar-refractivity contribution in [3.8, 4) is 11.3 Å². The standard InChI is InChI=1S/C19H20N4O/c1-19(2,15-8-4-3-5-9-15)11-17-22-16(13-23(17)18(20)24)14-7-6-10-21-12-14/h3-10,12-13H,11H2,1-2H3,(H2,20,24). The van der Waals surface area contributed by atoms with Crippen LogP contribution in [0.2, 0.25) is 0 Å². The van der Waals surface area contributed by atoms with Crippen molar-refractivity contribution in [2.75, 3.05) is 0 Å². The third-order valence-electron chi connectivity index (χ3n) is 4.13. The van der Waals surface area contributed by atoms with Gasteiger partial charge in [-0.25, -0.2) is 9.78 Å². The highest BCUT2D eigenvalue weighted by molar-refractivity contribution is 5.77. The third kappa shape index (κ3) is 3.20. The first-order valence-electron chi connectivity index (χ1n) is 7.81. The largest absolute Gasteiger partial charge is 0.351 e. The first-order valence-corrected chi connectivity index (χ1v) is 7.81. The Kier molecular flexibility index (Phi) is 4.16. The zero-order valence-electron chi connectivity index (χ0n) is 13.8. The second-order valence-corrected chi connectivity index (χ2v) is 6.42. The van der Waals surface area contributed by atoms with Gasteiger partial charge in [0, 0.05) is 30.6 Å². The second kappa shape index (κ2) is 6.28. The predicted molar refractivity (Wildman–Crippen MR) is 93.6 cm³/mol. The molecule has 24 heavy (non-hydrogen) atoms. The quantitative estimate of drug-likeness (QED) is 0.800. The summed E-state index contributed by atoms with van der Waals surface area (Å²) in [7, 11) is 0. The molecule has 0 spiro atoms. The van der Waals surface area contributed by atoms with Crippen molar-refractivity contribution in [3.63, 3.8) is 0 Å². The Morgan fingerprint density at radius 1 is 1.17 bits per heavy atom. The lowest BCUT2D eigenvalue weighted by Gasteiger charge is -2.24. The molecule has 0 bridgehead atoms. The Bertz CT molecular complexity index is 838. The van der Waals surface area contributed by atoms with Crippen LogP contribution in [0.1, 0.15) is 25.2 Å². The van der Waals surface area contributed by atoms with Gasteiger partial charge in [-0.1, -0.05) is 44.2 Å². The van der Waals surface area contributed by atoms with Gasteiger partial charge in [0.05, 0.1) is 5.69 Å². The summed E-state index contributed by atoms with van der Waals surface area (Å²) in [6.07, 6.45) is 5.70. The number of primary amides is 1. The maximum Gasteiger partial charge on any atom is 0.324 e. The molecule has 2 aromatic heterocycles. The molecule has 0 saturated carbocycles. The Morgan fingerprint density at radius 3 is 2.54 bits per heavy atom. The van der Waals surface area contributed by atoms with Crippen LogP contribution in [0.15, 0.2) is 61.1 Å². The molecule has 1 amide bonds. The van der Waals surface area contributed by atoms with Gasteiger partial charge in [0.2, 0.25) is 0 Å². The molecule has 3 aromatic rings. The first-order chi connectivity index (χ1) is 11.5. The number of nitrogens with two attached hydrogens (primary N) is 1. The predicted octanol–water partition coefficient (Wildman–Crippen LogP) is 3.39. The molecule has 0 aliphatic heterocycles. The number of benzene rings is 1. The Labute approximate surface area is 141 Å². The van der Waals surface area contributed by atoms with Crippen molar-refractivity contribution in [3.05, 3.63) is 72.4 Å². The highest BCUT2D eigenvalue weighted by Crippen LogP contribution is 2.28. The second-order valence-electron chi connectivity index (χ2n) is 6.42. The number of hydrogen-bond donors (Lipinski definition) is 1. The summed E-state index contributed by atoms with van der Waals surface area (Å²) in [6.45, 7) is 4.26. The van der Waals surface area contributed by atoms with Crippen LogP contribution in [0.3, 0.4) is 0 Å². The van der Waals surface area contributed by atoms with E-state index >= 15 is 0 Å². The summed E-state index contributed by atoms with van der Waals surface area (Å²) in [5.41, 5.74) is 8.10. The van der Waals surface area contributed by atoms with Gasteiger partial charge in [-0.2, -0.15) is 0 Å². The van der Waals surface area contributed by atoms with Crippen molar-refractivity contribution in [2.45, 2.75) is 25.7 Å². The van der Waals surface area contributed by atoms with Crippen LogP contribution in [-0.2, 0) is 11.8 Å². The Morgan fingerprint density at radius 2 is 1.92 bits per heavy atom. The van der Waals surface area contributed by atoms with Gasteiger partial charge < -0.3 is 5.73 Å². The van der Waals surface area contributed by atoms with Gasteiger partial charge in [0.1, 0.15) is 5.82 Å². The van der Waals surface area contributed by atoms with Crippen LogP contribution < -0.4 is 5.73 Å². The number of nitrogens with zero attached hydrogens (tertiary/aromatic N) is 3. The van der Waals surface area contributed by atoms with E-state index in [0.717, 1.165) is 5.56 Å². The molecule has 2 N–H and O–H groups in total. The molecular formula is C19H20N4O. The maximum absolute atomic E-state index is 11.8. The first kappa shape index (κ1) is 15.9. The van der Waals surface area contributed by atoms with Crippen LogP contribution in [0, 0.1) is 0 Å². The van der Waals surface area contributed by atoms with Crippen LogP contribution in [-0.4, -0.2) is 20.6 Å². The fraction of sp³-hybridized carbons (Fsp3) is 0.211. The number of amides is 1. The lowest BCUT2D eigenvalue weighted by Crippen LogP contribution is -2.27. The molecule has 0 aliphatic rings. The molecule has 2 heterocycles. The highest BCUT2D eigenvalue weighted by atomic mass is 16.2. The monoisotopic (exact) mass is 320 g/mol.